The Morgan fingerprint density at radius 1 is 0.808 bits per heavy atom. The summed E-state index contributed by atoms with van der Waals surface area (Å²) in [6, 6.07) is 1.36. The highest BCUT2D eigenvalue weighted by Crippen LogP contribution is 2.26. The maximum absolute atomic E-state index is 11.6. The second kappa shape index (κ2) is 11.7. The van der Waals surface area contributed by atoms with Gasteiger partial charge in [0.25, 0.3) is 0 Å². The second-order valence-corrected chi connectivity index (χ2v) is 10.8. The minimum absolute atomic E-state index is 0.362. The van der Waals surface area contributed by atoms with Gasteiger partial charge in [-0.2, -0.15) is 0 Å². The highest BCUT2D eigenvalue weighted by Gasteiger charge is 2.37. The molecule has 0 aromatic rings. The van der Waals surface area contributed by atoms with Crippen molar-refractivity contribution in [3.8, 4) is 0 Å². The molecule has 4 nitrogen and oxygen atoms in total. The van der Waals surface area contributed by atoms with Gasteiger partial charge >= 0.3 is 0 Å². The highest BCUT2D eigenvalue weighted by molar-refractivity contribution is 7.91. The standard InChI is InChI=1S/C21H42N2O2S/c1-3-5-7-9-11-13-20(12-10-8-6-4-2)23-18-21(19-23)22-14-16-26(24,25)17-15-22/h20-21H,3-19H2,1-2H3. The first kappa shape index (κ1) is 22.2. The lowest BCUT2D eigenvalue weighted by molar-refractivity contribution is 0.00182. The predicted octanol–water partition coefficient (Wildman–Crippen LogP) is 4.10. The lowest BCUT2D eigenvalue weighted by Crippen LogP contribution is -2.64. The van der Waals surface area contributed by atoms with Crippen molar-refractivity contribution in [3.63, 3.8) is 0 Å². The zero-order valence-corrected chi connectivity index (χ0v) is 18.1. The van der Waals surface area contributed by atoms with Crippen molar-refractivity contribution in [3.05, 3.63) is 0 Å². The lowest BCUT2D eigenvalue weighted by atomic mass is 9.94. The summed E-state index contributed by atoms with van der Waals surface area (Å²) in [5, 5.41) is 0. The fourth-order valence-electron chi connectivity index (χ4n) is 4.41. The second-order valence-electron chi connectivity index (χ2n) is 8.50. The van der Waals surface area contributed by atoms with E-state index in [9.17, 15) is 8.42 Å². The van der Waals surface area contributed by atoms with E-state index in [-0.39, 0.29) is 0 Å². The molecule has 2 aliphatic heterocycles. The normalized spacial score (nSPS) is 23.0. The van der Waals surface area contributed by atoms with Crippen molar-refractivity contribution in [2.45, 2.75) is 96.6 Å². The van der Waals surface area contributed by atoms with E-state index in [1.54, 1.807) is 0 Å². The van der Waals surface area contributed by atoms with Gasteiger partial charge in [-0.25, -0.2) is 8.42 Å². The molecule has 0 amide bonds. The number of hydrogen-bond donors (Lipinski definition) is 0. The molecule has 0 bridgehead atoms. The smallest absolute Gasteiger partial charge is 0.152 e. The number of unbranched alkanes of at least 4 members (excludes halogenated alkanes) is 7. The van der Waals surface area contributed by atoms with Crippen LogP contribution in [0.5, 0.6) is 0 Å². The van der Waals surface area contributed by atoms with Crippen molar-refractivity contribution in [1.82, 2.24) is 9.80 Å². The van der Waals surface area contributed by atoms with Gasteiger partial charge in [0, 0.05) is 38.3 Å². The first-order valence-electron chi connectivity index (χ1n) is 11.2. The fraction of sp³-hybridized carbons (Fsp3) is 1.00. The molecule has 0 aliphatic carbocycles. The SMILES string of the molecule is CCCCCCCC(CCCCCC)N1CC(N2CCS(=O)(=O)CC2)C1. The van der Waals surface area contributed by atoms with Gasteiger partial charge in [0.05, 0.1) is 11.5 Å². The summed E-state index contributed by atoms with van der Waals surface area (Å²) in [7, 11) is -2.76. The van der Waals surface area contributed by atoms with Crippen LogP contribution >= 0.6 is 0 Å². The molecule has 5 heteroatoms. The first-order chi connectivity index (χ1) is 12.6. The van der Waals surface area contributed by atoms with Gasteiger partial charge in [-0.1, -0.05) is 71.6 Å². The molecule has 154 valence electrons. The van der Waals surface area contributed by atoms with Crippen molar-refractivity contribution < 1.29 is 8.42 Å². The highest BCUT2D eigenvalue weighted by atomic mass is 32.2. The molecule has 1 atom stereocenters. The van der Waals surface area contributed by atoms with Crippen molar-refractivity contribution >= 4 is 9.84 Å². The summed E-state index contributed by atoms with van der Waals surface area (Å²) < 4.78 is 23.3. The van der Waals surface area contributed by atoms with Crippen molar-refractivity contribution in [2.24, 2.45) is 0 Å². The van der Waals surface area contributed by atoms with Crippen molar-refractivity contribution in [2.75, 3.05) is 37.7 Å². The van der Waals surface area contributed by atoms with E-state index in [2.05, 4.69) is 23.6 Å². The zero-order valence-electron chi connectivity index (χ0n) is 17.3. The van der Waals surface area contributed by atoms with E-state index < -0.39 is 9.84 Å². The molecule has 0 aromatic heterocycles. The average Bonchev–Trinajstić information content (AvgIpc) is 2.57. The maximum atomic E-state index is 11.6. The largest absolute Gasteiger partial charge is 0.297 e. The Morgan fingerprint density at radius 3 is 1.85 bits per heavy atom. The van der Waals surface area contributed by atoms with E-state index >= 15 is 0 Å². The van der Waals surface area contributed by atoms with Gasteiger partial charge in [-0.05, 0) is 12.8 Å². The van der Waals surface area contributed by atoms with Gasteiger partial charge < -0.3 is 0 Å². The minimum Gasteiger partial charge on any atom is -0.297 e. The van der Waals surface area contributed by atoms with E-state index in [1.807, 2.05) is 0 Å². The fourth-order valence-corrected chi connectivity index (χ4v) is 5.64. The summed E-state index contributed by atoms with van der Waals surface area (Å²) >= 11 is 0. The van der Waals surface area contributed by atoms with Crippen LogP contribution in [0.15, 0.2) is 0 Å². The van der Waals surface area contributed by atoms with Crippen LogP contribution in [0.4, 0.5) is 0 Å². The Morgan fingerprint density at radius 2 is 1.31 bits per heavy atom. The van der Waals surface area contributed by atoms with Crippen LogP contribution in [-0.2, 0) is 9.84 Å². The average molecular weight is 387 g/mol. The third-order valence-corrected chi connectivity index (χ3v) is 7.94. The monoisotopic (exact) mass is 386 g/mol. The van der Waals surface area contributed by atoms with Gasteiger partial charge in [0.1, 0.15) is 0 Å². The van der Waals surface area contributed by atoms with Crippen LogP contribution in [0.25, 0.3) is 0 Å². The summed E-state index contributed by atoms with van der Waals surface area (Å²) in [5.74, 6) is 0.725. The molecule has 1 unspecified atom stereocenters. The van der Waals surface area contributed by atoms with E-state index in [1.165, 1.54) is 70.6 Å². The molecule has 2 aliphatic rings. The first-order valence-corrected chi connectivity index (χ1v) is 13.1. The van der Waals surface area contributed by atoms with Crippen LogP contribution in [0, 0.1) is 0 Å². The van der Waals surface area contributed by atoms with Crippen LogP contribution in [0.1, 0.15) is 84.5 Å². The van der Waals surface area contributed by atoms with Gasteiger partial charge in [0.15, 0.2) is 9.84 Å². The minimum atomic E-state index is -2.76. The quantitative estimate of drug-likeness (QED) is 0.447. The van der Waals surface area contributed by atoms with E-state index in [0.29, 0.717) is 17.5 Å². The number of likely N-dealkylation sites (tertiary alicyclic amines) is 1. The molecule has 2 saturated heterocycles. The maximum Gasteiger partial charge on any atom is 0.152 e. The van der Waals surface area contributed by atoms with E-state index in [0.717, 1.165) is 32.2 Å². The molecule has 0 spiro atoms. The molecule has 0 radical (unpaired) electrons. The van der Waals surface area contributed by atoms with Crippen LogP contribution in [0.2, 0.25) is 0 Å². The Kier molecular flexibility index (Phi) is 9.93. The van der Waals surface area contributed by atoms with Crippen LogP contribution in [-0.4, -0.2) is 68.0 Å². The molecule has 2 rings (SSSR count). The molecule has 0 saturated carbocycles. The third-order valence-electron chi connectivity index (χ3n) is 6.33. The van der Waals surface area contributed by atoms with Crippen LogP contribution in [0.3, 0.4) is 0 Å². The Labute approximate surface area is 162 Å². The summed E-state index contributed by atoms with van der Waals surface area (Å²) in [4.78, 5) is 5.12. The molecule has 0 N–H and O–H groups in total. The number of nitrogens with zero attached hydrogens (tertiary/aromatic N) is 2. The summed E-state index contributed by atoms with van der Waals surface area (Å²) in [6.07, 6.45) is 15.0. The van der Waals surface area contributed by atoms with Gasteiger partial charge in [-0.15, -0.1) is 0 Å². The molecular weight excluding hydrogens is 344 g/mol. The van der Waals surface area contributed by atoms with E-state index in [4.69, 9.17) is 0 Å². The number of hydrogen-bond acceptors (Lipinski definition) is 4. The molecule has 2 fully saturated rings. The third kappa shape index (κ3) is 7.47. The van der Waals surface area contributed by atoms with Crippen LogP contribution < -0.4 is 0 Å². The molecular formula is C21H42N2O2S. The summed E-state index contributed by atoms with van der Waals surface area (Å²) in [6.45, 7) is 8.38. The van der Waals surface area contributed by atoms with Crippen molar-refractivity contribution in [1.29, 1.82) is 0 Å². The molecule has 2 heterocycles. The Balaban J connectivity index is 1.71. The topological polar surface area (TPSA) is 40.6 Å². The zero-order chi connectivity index (χ0) is 18.8. The Hall–Kier alpha value is -0.130. The predicted molar refractivity (Wildman–Crippen MR) is 112 cm³/mol. The summed E-state index contributed by atoms with van der Waals surface area (Å²) in [5.41, 5.74) is 0. The number of sulfone groups is 1. The molecule has 0 aromatic carbocycles. The molecule has 26 heavy (non-hydrogen) atoms. The lowest BCUT2D eigenvalue weighted by Gasteiger charge is -2.50. The van der Waals surface area contributed by atoms with Gasteiger partial charge in [-0.3, -0.25) is 9.80 Å². The Bertz CT molecular complexity index is 460. The van der Waals surface area contributed by atoms with Gasteiger partial charge in [0.2, 0.25) is 0 Å². The number of rotatable bonds is 13.